The van der Waals surface area contributed by atoms with Gasteiger partial charge >= 0.3 is 0 Å². The van der Waals surface area contributed by atoms with Crippen molar-refractivity contribution in [3.8, 4) is 0 Å². The molecule has 0 unspecified atom stereocenters. The lowest BCUT2D eigenvalue weighted by molar-refractivity contribution is 0.555. The number of fused-ring (bicyclic) bond motifs is 1. The Bertz CT molecular complexity index is 355. The molecule has 2 heterocycles. The van der Waals surface area contributed by atoms with Crippen molar-refractivity contribution in [2.75, 3.05) is 0 Å². The fraction of sp³-hybridized carbons (Fsp3) is 0. The minimum absolute atomic E-state index is 0.515. The molecule has 0 atom stereocenters. The number of rotatable bonds is 0. The summed E-state index contributed by atoms with van der Waals surface area (Å²) < 4.78 is 13.7. The van der Waals surface area contributed by atoms with Crippen molar-refractivity contribution >= 4 is 5.65 Å². The van der Waals surface area contributed by atoms with Gasteiger partial charge in [0.1, 0.15) is 6.20 Å². The van der Waals surface area contributed by atoms with Crippen LogP contribution in [0.4, 0.5) is 4.39 Å². The first-order valence-electron chi connectivity index (χ1n) is 2.74. The summed E-state index contributed by atoms with van der Waals surface area (Å²) >= 11 is 0. The van der Waals surface area contributed by atoms with Crippen LogP contribution in [0.15, 0.2) is 18.3 Å². The highest BCUT2D eigenvalue weighted by atomic mass is 19.1. The highest BCUT2D eigenvalue weighted by Crippen LogP contribution is 1.97. The summed E-state index contributed by atoms with van der Waals surface area (Å²) in [6.07, 6.45) is 4.02. The normalized spacial score (nSPS) is 10.5. The quantitative estimate of drug-likeness (QED) is 0.532. The standard InChI is InChI=1S/C6H3FN3/c7-5-1-2-6-8-3-4-10(6)9-5/h1-2,4H. The summed E-state index contributed by atoms with van der Waals surface area (Å²) in [5.41, 5.74) is 0.599. The van der Waals surface area contributed by atoms with Crippen LogP contribution in [0.3, 0.4) is 0 Å². The molecule has 0 spiro atoms. The van der Waals surface area contributed by atoms with Gasteiger partial charge in [0.25, 0.3) is 0 Å². The molecule has 3 nitrogen and oxygen atoms in total. The lowest BCUT2D eigenvalue weighted by Gasteiger charge is -1.88. The first-order valence-corrected chi connectivity index (χ1v) is 2.74. The molecule has 4 heteroatoms. The zero-order chi connectivity index (χ0) is 6.97. The lowest BCUT2D eigenvalue weighted by atomic mass is 10.5. The van der Waals surface area contributed by atoms with E-state index in [4.69, 9.17) is 0 Å². The molecule has 0 fully saturated rings. The largest absolute Gasteiger partial charge is 0.231 e. The highest BCUT2D eigenvalue weighted by molar-refractivity contribution is 5.34. The lowest BCUT2D eigenvalue weighted by Crippen LogP contribution is -1.92. The van der Waals surface area contributed by atoms with Crippen molar-refractivity contribution in [1.82, 2.24) is 14.6 Å². The van der Waals surface area contributed by atoms with Gasteiger partial charge in [0.05, 0.1) is 6.20 Å². The van der Waals surface area contributed by atoms with Crippen LogP contribution in [-0.2, 0) is 0 Å². The van der Waals surface area contributed by atoms with Gasteiger partial charge in [-0.15, -0.1) is 5.10 Å². The molecule has 2 aromatic rings. The summed E-state index contributed by atoms with van der Waals surface area (Å²) in [5.74, 6) is -0.515. The molecule has 0 aromatic carbocycles. The second-order valence-corrected chi connectivity index (χ2v) is 1.83. The van der Waals surface area contributed by atoms with Gasteiger partial charge in [0.2, 0.25) is 5.95 Å². The number of hydrogen-bond acceptors (Lipinski definition) is 2. The Morgan fingerprint density at radius 1 is 1.50 bits per heavy atom. The minimum atomic E-state index is -0.515. The second-order valence-electron chi connectivity index (χ2n) is 1.83. The van der Waals surface area contributed by atoms with Gasteiger partial charge < -0.3 is 0 Å². The van der Waals surface area contributed by atoms with Crippen molar-refractivity contribution in [2.45, 2.75) is 0 Å². The van der Waals surface area contributed by atoms with Crippen molar-refractivity contribution in [1.29, 1.82) is 0 Å². The molecule has 0 aliphatic rings. The van der Waals surface area contributed by atoms with Crippen LogP contribution in [0, 0.1) is 12.1 Å². The minimum Gasteiger partial charge on any atom is -0.225 e. The zero-order valence-corrected chi connectivity index (χ0v) is 4.95. The maximum absolute atomic E-state index is 12.3. The number of nitrogens with zero attached hydrogens (tertiary/aromatic N) is 3. The summed E-state index contributed by atoms with van der Waals surface area (Å²) in [6.45, 7) is 0. The molecule has 10 heavy (non-hydrogen) atoms. The summed E-state index contributed by atoms with van der Waals surface area (Å²) in [6, 6.07) is 2.80. The van der Waals surface area contributed by atoms with E-state index >= 15 is 0 Å². The summed E-state index contributed by atoms with van der Waals surface area (Å²) in [7, 11) is 0. The van der Waals surface area contributed by atoms with E-state index < -0.39 is 5.95 Å². The Labute approximate surface area is 56.1 Å². The van der Waals surface area contributed by atoms with Crippen molar-refractivity contribution in [2.24, 2.45) is 0 Å². The molecule has 0 aliphatic heterocycles. The van der Waals surface area contributed by atoms with Gasteiger partial charge in [-0.05, 0) is 12.1 Å². The molecule has 49 valence electrons. The highest BCUT2D eigenvalue weighted by Gasteiger charge is 1.94. The SMILES string of the molecule is Fc1ccc2n[c]cn2n1. The van der Waals surface area contributed by atoms with Crippen molar-refractivity contribution < 1.29 is 4.39 Å². The van der Waals surface area contributed by atoms with E-state index in [2.05, 4.69) is 16.3 Å². The predicted molar refractivity (Wildman–Crippen MR) is 31.8 cm³/mol. The molecular formula is C6H3FN3. The van der Waals surface area contributed by atoms with E-state index in [9.17, 15) is 4.39 Å². The molecule has 0 aliphatic carbocycles. The Balaban J connectivity index is 2.86. The topological polar surface area (TPSA) is 30.2 Å². The van der Waals surface area contributed by atoms with Gasteiger partial charge in [0.15, 0.2) is 5.65 Å². The molecule has 0 saturated carbocycles. The predicted octanol–water partition coefficient (Wildman–Crippen LogP) is 0.669. The molecule has 1 radical (unpaired) electrons. The third-order valence-corrected chi connectivity index (χ3v) is 1.17. The van der Waals surface area contributed by atoms with Crippen LogP contribution >= 0.6 is 0 Å². The average molecular weight is 136 g/mol. The van der Waals surface area contributed by atoms with E-state index in [-0.39, 0.29) is 0 Å². The Kier molecular flexibility index (Phi) is 0.943. The van der Waals surface area contributed by atoms with Gasteiger partial charge in [-0.1, -0.05) is 0 Å². The first-order chi connectivity index (χ1) is 4.86. The number of halogens is 1. The molecule has 0 saturated heterocycles. The van der Waals surface area contributed by atoms with Crippen LogP contribution in [-0.4, -0.2) is 14.6 Å². The van der Waals surface area contributed by atoms with Crippen LogP contribution in [0.2, 0.25) is 0 Å². The van der Waals surface area contributed by atoms with Crippen LogP contribution in [0.25, 0.3) is 5.65 Å². The zero-order valence-electron chi connectivity index (χ0n) is 4.95. The molecule has 0 bridgehead atoms. The maximum Gasteiger partial charge on any atom is 0.231 e. The fourth-order valence-electron chi connectivity index (χ4n) is 0.740. The van der Waals surface area contributed by atoms with E-state index in [1.165, 1.54) is 16.8 Å². The van der Waals surface area contributed by atoms with Gasteiger partial charge in [-0.2, -0.15) is 4.39 Å². The van der Waals surface area contributed by atoms with E-state index in [0.717, 1.165) is 0 Å². The van der Waals surface area contributed by atoms with Gasteiger partial charge in [0, 0.05) is 0 Å². The molecule has 0 N–H and O–H groups in total. The number of imidazole rings is 1. The Hall–Kier alpha value is -1.45. The first kappa shape index (κ1) is 5.34. The van der Waals surface area contributed by atoms with Crippen LogP contribution in [0.1, 0.15) is 0 Å². The Morgan fingerprint density at radius 2 is 2.40 bits per heavy atom. The average Bonchev–Trinajstić information content (AvgIpc) is 2.33. The number of hydrogen-bond donors (Lipinski definition) is 0. The van der Waals surface area contributed by atoms with Gasteiger partial charge in [-0.25, -0.2) is 9.50 Å². The third kappa shape index (κ3) is 0.655. The summed E-state index contributed by atoms with van der Waals surface area (Å²) in [5, 5.41) is 3.49. The Morgan fingerprint density at radius 3 is 3.30 bits per heavy atom. The smallest absolute Gasteiger partial charge is 0.225 e. The van der Waals surface area contributed by atoms with Crippen LogP contribution < -0.4 is 0 Å². The monoisotopic (exact) mass is 136 g/mol. The molecule has 2 aromatic heterocycles. The molecule has 0 amide bonds. The second kappa shape index (κ2) is 1.76. The maximum atomic E-state index is 12.3. The van der Waals surface area contributed by atoms with Crippen molar-refractivity contribution in [3.05, 3.63) is 30.5 Å². The third-order valence-electron chi connectivity index (χ3n) is 1.17. The van der Waals surface area contributed by atoms with Crippen molar-refractivity contribution in [3.63, 3.8) is 0 Å². The van der Waals surface area contributed by atoms with E-state index in [1.807, 2.05) is 0 Å². The van der Waals surface area contributed by atoms with Gasteiger partial charge in [-0.3, -0.25) is 0 Å². The molecular weight excluding hydrogens is 133 g/mol. The number of aromatic nitrogens is 3. The van der Waals surface area contributed by atoms with E-state index in [1.54, 1.807) is 6.07 Å². The van der Waals surface area contributed by atoms with E-state index in [0.29, 0.717) is 5.65 Å². The molecule has 2 rings (SSSR count). The van der Waals surface area contributed by atoms with Crippen LogP contribution in [0.5, 0.6) is 0 Å². The summed E-state index contributed by atoms with van der Waals surface area (Å²) in [4.78, 5) is 3.77. The fourth-order valence-corrected chi connectivity index (χ4v) is 0.740.